The lowest BCUT2D eigenvalue weighted by Crippen LogP contribution is -2.36. The smallest absolute Gasteiger partial charge is 0.243 e. The van der Waals surface area contributed by atoms with E-state index < -0.39 is 10.0 Å². The van der Waals surface area contributed by atoms with Gasteiger partial charge in [-0.2, -0.15) is 4.31 Å². The first-order chi connectivity index (χ1) is 10.1. The molecule has 0 atom stereocenters. The molecular weight excluding hydrogens is 288 g/mol. The lowest BCUT2D eigenvalue weighted by Gasteiger charge is -2.27. The number of hydrogen-bond donors (Lipinski definition) is 0. The average molecular weight is 304 g/mol. The lowest BCUT2D eigenvalue weighted by molar-refractivity contribution is 0.387. The normalized spacial score (nSPS) is 15.5. The van der Waals surface area contributed by atoms with E-state index in [1.165, 1.54) is 4.31 Å². The van der Waals surface area contributed by atoms with E-state index in [1.807, 2.05) is 12.1 Å². The molecule has 5 nitrogen and oxygen atoms in total. The highest BCUT2D eigenvalue weighted by Crippen LogP contribution is 2.24. The molecule has 3 rings (SSSR count). The van der Waals surface area contributed by atoms with Crippen LogP contribution in [0.2, 0.25) is 0 Å². The van der Waals surface area contributed by atoms with Crippen LogP contribution in [-0.4, -0.2) is 31.4 Å². The zero-order valence-electron chi connectivity index (χ0n) is 11.7. The van der Waals surface area contributed by atoms with Crippen molar-refractivity contribution in [1.82, 2.24) is 9.29 Å². The summed E-state index contributed by atoms with van der Waals surface area (Å²) in [4.78, 5) is 4.58. The predicted molar refractivity (Wildman–Crippen MR) is 78.5 cm³/mol. The molecule has 2 heterocycles. The Labute approximate surface area is 124 Å². The summed E-state index contributed by atoms with van der Waals surface area (Å²) in [5.74, 6) is 0.641. The van der Waals surface area contributed by atoms with E-state index in [2.05, 4.69) is 4.98 Å². The Morgan fingerprint density at radius 1 is 1.19 bits per heavy atom. The molecular formula is C15H16N2O3S. The van der Waals surface area contributed by atoms with E-state index in [4.69, 9.17) is 4.74 Å². The molecule has 1 aromatic carbocycles. The van der Waals surface area contributed by atoms with E-state index in [0.717, 1.165) is 11.3 Å². The maximum absolute atomic E-state index is 12.7. The van der Waals surface area contributed by atoms with Crippen molar-refractivity contribution in [3.05, 3.63) is 53.9 Å². The molecule has 0 aliphatic carbocycles. The van der Waals surface area contributed by atoms with Gasteiger partial charge in [0.25, 0.3) is 0 Å². The van der Waals surface area contributed by atoms with Crippen LogP contribution in [0.3, 0.4) is 0 Å². The van der Waals surface area contributed by atoms with Crippen LogP contribution in [0.5, 0.6) is 5.75 Å². The van der Waals surface area contributed by atoms with Crippen molar-refractivity contribution in [1.29, 1.82) is 0 Å². The second-order valence-electron chi connectivity index (χ2n) is 4.87. The molecule has 0 spiro atoms. The Hall–Kier alpha value is -1.92. The molecule has 21 heavy (non-hydrogen) atoms. The molecule has 110 valence electrons. The van der Waals surface area contributed by atoms with Gasteiger partial charge in [0.05, 0.1) is 12.0 Å². The maximum atomic E-state index is 12.7. The van der Waals surface area contributed by atoms with E-state index in [9.17, 15) is 8.42 Å². The van der Waals surface area contributed by atoms with Crippen molar-refractivity contribution < 1.29 is 13.2 Å². The number of rotatable bonds is 3. The first kappa shape index (κ1) is 14.0. The summed E-state index contributed by atoms with van der Waals surface area (Å²) in [6.45, 7) is 0.829. The second-order valence-corrected chi connectivity index (χ2v) is 6.81. The quantitative estimate of drug-likeness (QED) is 0.868. The molecule has 0 radical (unpaired) electrons. The van der Waals surface area contributed by atoms with Crippen LogP contribution in [0.15, 0.2) is 47.5 Å². The van der Waals surface area contributed by atoms with Gasteiger partial charge in [-0.3, -0.25) is 4.98 Å². The Bertz CT molecular complexity index is 742. The van der Waals surface area contributed by atoms with Gasteiger partial charge < -0.3 is 4.74 Å². The number of ether oxygens (including phenoxy) is 1. The van der Waals surface area contributed by atoms with Crippen molar-refractivity contribution in [2.75, 3.05) is 13.7 Å². The molecule has 1 aliphatic heterocycles. The molecule has 0 saturated carbocycles. The van der Waals surface area contributed by atoms with Gasteiger partial charge in [0.2, 0.25) is 10.0 Å². The van der Waals surface area contributed by atoms with Crippen LogP contribution in [0, 0.1) is 0 Å². The minimum atomic E-state index is -3.48. The third-order valence-electron chi connectivity index (χ3n) is 3.63. The first-order valence-corrected chi connectivity index (χ1v) is 8.12. The number of nitrogens with zero attached hydrogens (tertiary/aromatic N) is 2. The lowest BCUT2D eigenvalue weighted by atomic mass is 10.1. The standard InChI is InChI=1S/C15H16N2O3S/c1-20-13-4-6-14(7-5-13)21(18,19)17-10-8-15-12(11-17)3-2-9-16-15/h2-7,9H,8,10-11H2,1H3. The summed E-state index contributed by atoms with van der Waals surface area (Å²) in [5, 5.41) is 0. The summed E-state index contributed by atoms with van der Waals surface area (Å²) >= 11 is 0. The molecule has 6 heteroatoms. The predicted octanol–water partition coefficient (Wildman–Crippen LogP) is 1.84. The van der Waals surface area contributed by atoms with Crippen molar-refractivity contribution in [3.8, 4) is 5.75 Å². The number of hydrogen-bond acceptors (Lipinski definition) is 4. The van der Waals surface area contributed by atoms with Gasteiger partial charge >= 0.3 is 0 Å². The number of sulfonamides is 1. The Kier molecular flexibility index (Phi) is 3.65. The van der Waals surface area contributed by atoms with E-state index in [1.54, 1.807) is 37.6 Å². The zero-order valence-corrected chi connectivity index (χ0v) is 12.5. The van der Waals surface area contributed by atoms with Gasteiger partial charge in [-0.05, 0) is 35.9 Å². The maximum Gasteiger partial charge on any atom is 0.243 e. The monoisotopic (exact) mass is 304 g/mol. The number of pyridine rings is 1. The van der Waals surface area contributed by atoms with Crippen molar-refractivity contribution >= 4 is 10.0 Å². The number of fused-ring (bicyclic) bond motifs is 1. The number of aromatic nitrogens is 1. The average Bonchev–Trinajstić information content (AvgIpc) is 2.54. The van der Waals surface area contributed by atoms with Gasteiger partial charge in [0.1, 0.15) is 5.75 Å². The fourth-order valence-corrected chi connectivity index (χ4v) is 3.86. The molecule has 0 bridgehead atoms. The van der Waals surface area contributed by atoms with E-state index in [0.29, 0.717) is 25.3 Å². The third kappa shape index (κ3) is 2.64. The topological polar surface area (TPSA) is 59.5 Å². The SMILES string of the molecule is COc1ccc(S(=O)(=O)N2CCc3ncccc3C2)cc1. The molecule has 1 aliphatic rings. The number of methoxy groups -OCH3 is 1. The minimum absolute atomic E-state index is 0.288. The van der Waals surface area contributed by atoms with Crippen molar-refractivity contribution in [2.45, 2.75) is 17.9 Å². The molecule has 0 fully saturated rings. The number of benzene rings is 1. The Balaban J connectivity index is 1.89. The largest absolute Gasteiger partial charge is 0.497 e. The van der Waals surface area contributed by atoms with Crippen LogP contribution < -0.4 is 4.74 Å². The van der Waals surface area contributed by atoms with E-state index >= 15 is 0 Å². The van der Waals surface area contributed by atoms with Crippen LogP contribution in [0.4, 0.5) is 0 Å². The Morgan fingerprint density at radius 2 is 1.95 bits per heavy atom. The minimum Gasteiger partial charge on any atom is -0.497 e. The zero-order chi connectivity index (χ0) is 14.9. The van der Waals surface area contributed by atoms with Crippen LogP contribution >= 0.6 is 0 Å². The summed E-state index contributed by atoms with van der Waals surface area (Å²) in [5.41, 5.74) is 1.96. The van der Waals surface area contributed by atoms with Crippen LogP contribution in [-0.2, 0) is 23.0 Å². The third-order valence-corrected chi connectivity index (χ3v) is 5.49. The summed E-state index contributed by atoms with van der Waals surface area (Å²) in [6, 6.07) is 10.2. The highest BCUT2D eigenvalue weighted by molar-refractivity contribution is 7.89. The summed E-state index contributed by atoms with van der Waals surface area (Å²) in [6.07, 6.45) is 2.39. The van der Waals surface area contributed by atoms with Gasteiger partial charge in [-0.25, -0.2) is 8.42 Å². The fraction of sp³-hybridized carbons (Fsp3) is 0.267. The van der Waals surface area contributed by atoms with Crippen molar-refractivity contribution in [3.63, 3.8) is 0 Å². The molecule has 0 unspecified atom stereocenters. The molecule has 1 aromatic heterocycles. The molecule has 0 saturated heterocycles. The Morgan fingerprint density at radius 3 is 2.67 bits per heavy atom. The molecule has 0 N–H and O–H groups in total. The van der Waals surface area contributed by atoms with Gasteiger partial charge in [-0.1, -0.05) is 6.07 Å². The fourth-order valence-electron chi connectivity index (χ4n) is 2.44. The highest BCUT2D eigenvalue weighted by Gasteiger charge is 2.28. The van der Waals surface area contributed by atoms with Gasteiger partial charge in [-0.15, -0.1) is 0 Å². The van der Waals surface area contributed by atoms with Gasteiger partial charge in [0, 0.05) is 31.4 Å². The van der Waals surface area contributed by atoms with Crippen LogP contribution in [0.1, 0.15) is 11.3 Å². The highest BCUT2D eigenvalue weighted by atomic mass is 32.2. The van der Waals surface area contributed by atoms with Crippen LogP contribution in [0.25, 0.3) is 0 Å². The molecule has 2 aromatic rings. The summed E-state index contributed by atoms with van der Waals surface area (Å²) in [7, 11) is -1.93. The van der Waals surface area contributed by atoms with E-state index in [-0.39, 0.29) is 4.90 Å². The van der Waals surface area contributed by atoms with Gasteiger partial charge in [0.15, 0.2) is 0 Å². The first-order valence-electron chi connectivity index (χ1n) is 6.68. The molecule has 0 amide bonds. The summed E-state index contributed by atoms with van der Waals surface area (Å²) < 4.78 is 31.9. The second kappa shape index (κ2) is 5.46. The van der Waals surface area contributed by atoms with Crippen molar-refractivity contribution in [2.24, 2.45) is 0 Å².